The summed E-state index contributed by atoms with van der Waals surface area (Å²) < 4.78 is 5.13. The van der Waals surface area contributed by atoms with E-state index < -0.39 is 42.6 Å². The third-order valence-electron chi connectivity index (χ3n) is 2.76. The van der Waals surface area contributed by atoms with Crippen molar-refractivity contribution >= 4 is 5.97 Å². The lowest BCUT2D eigenvalue weighted by molar-refractivity contribution is -0.163. The molecule has 1 saturated heterocycles. The van der Waals surface area contributed by atoms with E-state index in [1.165, 1.54) is 0 Å². The Bertz CT molecular complexity index is 254. The maximum atomic E-state index is 10.7. The Morgan fingerprint density at radius 2 is 1.88 bits per heavy atom. The first kappa shape index (κ1) is 13.3. The van der Waals surface area contributed by atoms with E-state index in [4.69, 9.17) is 20.1 Å². The van der Waals surface area contributed by atoms with Gasteiger partial charge in [0.15, 0.2) is 6.29 Å². The van der Waals surface area contributed by atoms with Crippen LogP contribution in [0.5, 0.6) is 0 Å². The number of carboxylic acid groups (broad SMARTS) is 1. The number of hydrogen-bond acceptors (Lipinski definition) is 6. The van der Waals surface area contributed by atoms with Gasteiger partial charge in [-0.1, -0.05) is 0 Å². The van der Waals surface area contributed by atoms with Gasteiger partial charge in [-0.05, 0) is 13.3 Å². The second-order valence-electron chi connectivity index (χ2n) is 3.95. The fourth-order valence-corrected chi connectivity index (χ4v) is 1.73. The molecule has 1 aliphatic rings. The van der Waals surface area contributed by atoms with Gasteiger partial charge in [-0.3, -0.25) is 4.79 Å². The molecular formula is C9H16O7. The largest absolute Gasteiger partial charge is 0.481 e. The van der Waals surface area contributed by atoms with Crippen LogP contribution in [0.3, 0.4) is 0 Å². The summed E-state index contributed by atoms with van der Waals surface area (Å²) in [5, 5.41) is 45.3. The summed E-state index contributed by atoms with van der Waals surface area (Å²) in [5.74, 6) is -2.84. The Morgan fingerprint density at radius 3 is 2.19 bits per heavy atom. The first-order valence-electron chi connectivity index (χ1n) is 4.95. The molecule has 0 aliphatic carbocycles. The molecule has 2 unspecified atom stereocenters. The summed E-state index contributed by atoms with van der Waals surface area (Å²) in [6.45, 7) is 1.54. The molecular weight excluding hydrogens is 220 g/mol. The molecule has 0 aromatic carbocycles. The third kappa shape index (κ3) is 2.69. The van der Waals surface area contributed by atoms with Crippen molar-refractivity contribution in [2.45, 2.75) is 44.1 Å². The van der Waals surface area contributed by atoms with Gasteiger partial charge in [0, 0.05) is 0 Å². The zero-order valence-corrected chi connectivity index (χ0v) is 8.72. The average Bonchev–Trinajstić information content (AvgIpc) is 2.41. The summed E-state index contributed by atoms with van der Waals surface area (Å²) in [6, 6.07) is 0. The average molecular weight is 236 g/mol. The van der Waals surface area contributed by atoms with Gasteiger partial charge in [-0.15, -0.1) is 0 Å². The lowest BCUT2D eigenvalue weighted by Gasteiger charge is -2.20. The molecule has 5 atom stereocenters. The number of carbonyl (C=O) groups is 1. The van der Waals surface area contributed by atoms with Gasteiger partial charge in [0.1, 0.15) is 18.1 Å². The molecule has 1 heterocycles. The summed E-state index contributed by atoms with van der Waals surface area (Å²) in [7, 11) is 0. The normalized spacial score (nSPS) is 36.6. The summed E-state index contributed by atoms with van der Waals surface area (Å²) >= 11 is 0. The van der Waals surface area contributed by atoms with Crippen LogP contribution >= 0.6 is 0 Å². The number of ether oxygens (including phenoxy) is 1. The van der Waals surface area contributed by atoms with Gasteiger partial charge in [-0.25, -0.2) is 0 Å². The summed E-state index contributed by atoms with van der Waals surface area (Å²) in [4.78, 5) is 10.7. The molecule has 0 spiro atoms. The number of aliphatic carboxylic acids is 1. The van der Waals surface area contributed by atoms with Crippen LogP contribution < -0.4 is 0 Å². The van der Waals surface area contributed by atoms with Crippen LogP contribution in [0.1, 0.15) is 13.3 Å². The van der Waals surface area contributed by atoms with Crippen LogP contribution in [0, 0.1) is 5.92 Å². The highest BCUT2D eigenvalue weighted by Gasteiger charge is 2.43. The molecule has 1 rings (SSSR count). The number of aliphatic hydroxyl groups excluding tert-OH is 3. The molecule has 1 aliphatic heterocycles. The molecule has 0 radical (unpaired) electrons. The number of hydrogen-bond donors (Lipinski definition) is 5. The Balaban J connectivity index is 2.63. The van der Waals surface area contributed by atoms with E-state index in [0.29, 0.717) is 0 Å². The van der Waals surface area contributed by atoms with E-state index in [1.807, 2.05) is 0 Å². The van der Waals surface area contributed by atoms with Gasteiger partial charge >= 0.3 is 5.97 Å². The minimum atomic E-state index is -2.03. The second-order valence-corrected chi connectivity index (χ2v) is 3.95. The number of carboxylic acids is 1. The maximum Gasteiger partial charge on any atom is 0.311 e. The lowest BCUT2D eigenvalue weighted by atomic mass is 9.97. The highest BCUT2D eigenvalue weighted by molar-refractivity contribution is 5.70. The van der Waals surface area contributed by atoms with Crippen molar-refractivity contribution < 1.29 is 35.1 Å². The van der Waals surface area contributed by atoms with Crippen molar-refractivity contribution in [3.05, 3.63) is 0 Å². The molecule has 0 saturated carbocycles. The number of aliphatic hydroxyl groups is 4. The highest BCUT2D eigenvalue weighted by atomic mass is 16.5. The number of rotatable bonds is 4. The molecule has 1 fully saturated rings. The van der Waals surface area contributed by atoms with E-state index in [-0.39, 0.29) is 6.42 Å². The zero-order valence-electron chi connectivity index (χ0n) is 8.72. The molecule has 0 aromatic rings. The molecule has 16 heavy (non-hydrogen) atoms. The van der Waals surface area contributed by atoms with Crippen LogP contribution in [0.4, 0.5) is 0 Å². The Labute approximate surface area is 91.9 Å². The second kappa shape index (κ2) is 5.07. The van der Waals surface area contributed by atoms with Crippen molar-refractivity contribution in [1.29, 1.82) is 0 Å². The Kier molecular flexibility index (Phi) is 4.22. The Hall–Kier alpha value is -0.730. The van der Waals surface area contributed by atoms with E-state index in [0.717, 1.165) is 0 Å². The molecule has 7 heteroatoms. The molecule has 7 nitrogen and oxygen atoms in total. The minimum Gasteiger partial charge on any atom is -0.481 e. The van der Waals surface area contributed by atoms with E-state index in [9.17, 15) is 15.0 Å². The van der Waals surface area contributed by atoms with Crippen LogP contribution in [-0.2, 0) is 9.53 Å². The van der Waals surface area contributed by atoms with Crippen LogP contribution in [-0.4, -0.2) is 62.2 Å². The van der Waals surface area contributed by atoms with Crippen molar-refractivity contribution in [3.8, 4) is 0 Å². The summed E-state index contributed by atoms with van der Waals surface area (Å²) in [5.41, 5.74) is 0. The van der Waals surface area contributed by atoms with Gasteiger partial charge in [0.25, 0.3) is 0 Å². The monoisotopic (exact) mass is 236 g/mol. The Morgan fingerprint density at radius 1 is 1.31 bits per heavy atom. The topological polar surface area (TPSA) is 127 Å². The smallest absolute Gasteiger partial charge is 0.311 e. The van der Waals surface area contributed by atoms with Gasteiger partial charge in [0.2, 0.25) is 0 Å². The quantitative estimate of drug-likeness (QED) is 0.354. The van der Waals surface area contributed by atoms with E-state index >= 15 is 0 Å². The van der Waals surface area contributed by atoms with Gasteiger partial charge in [-0.2, -0.15) is 0 Å². The van der Waals surface area contributed by atoms with Crippen LogP contribution in [0.15, 0.2) is 0 Å². The first-order valence-corrected chi connectivity index (χ1v) is 4.95. The van der Waals surface area contributed by atoms with Gasteiger partial charge < -0.3 is 30.3 Å². The standard InChI is InChI=1S/C9H16O7/c1-3-6(10)7(11)5(16-3)2-4(8(12)13)9(14)15/h3-8,10-13H,2H2,1H3,(H,14,15)/t3-,4?,5+,6+,7?/m0/s1. The first-order chi connectivity index (χ1) is 7.34. The van der Waals surface area contributed by atoms with Crippen molar-refractivity contribution in [2.24, 2.45) is 5.92 Å². The lowest BCUT2D eigenvalue weighted by Crippen LogP contribution is -2.37. The predicted octanol–water partition coefficient (Wildman–Crippen LogP) is -2.10. The van der Waals surface area contributed by atoms with Crippen LogP contribution in [0.2, 0.25) is 0 Å². The van der Waals surface area contributed by atoms with Crippen molar-refractivity contribution in [3.63, 3.8) is 0 Å². The molecule has 0 bridgehead atoms. The summed E-state index contributed by atoms with van der Waals surface area (Å²) in [6.07, 6.45) is -6.11. The van der Waals surface area contributed by atoms with E-state index in [1.54, 1.807) is 6.92 Å². The maximum absolute atomic E-state index is 10.7. The third-order valence-corrected chi connectivity index (χ3v) is 2.76. The predicted molar refractivity (Wildman–Crippen MR) is 50.3 cm³/mol. The zero-order chi connectivity index (χ0) is 12.5. The molecule has 94 valence electrons. The van der Waals surface area contributed by atoms with Gasteiger partial charge in [0.05, 0.1) is 12.2 Å². The van der Waals surface area contributed by atoms with Crippen molar-refractivity contribution in [2.75, 3.05) is 0 Å². The molecule has 5 N–H and O–H groups in total. The minimum absolute atomic E-state index is 0.268. The highest BCUT2D eigenvalue weighted by Crippen LogP contribution is 2.26. The molecule has 0 aromatic heterocycles. The molecule has 0 amide bonds. The SMILES string of the molecule is C[C@@H]1O[C@H](CC(C(=O)O)C(O)O)C(O)[C@@H]1O. The fraction of sp³-hybridized carbons (Fsp3) is 0.889. The fourth-order valence-electron chi connectivity index (χ4n) is 1.73. The van der Waals surface area contributed by atoms with Crippen LogP contribution in [0.25, 0.3) is 0 Å². The van der Waals surface area contributed by atoms with Crippen molar-refractivity contribution in [1.82, 2.24) is 0 Å². The van der Waals surface area contributed by atoms with E-state index in [2.05, 4.69) is 0 Å².